The average Bonchev–Trinajstić information content (AvgIpc) is 2.87. The van der Waals surface area contributed by atoms with E-state index < -0.39 is 10.0 Å². The van der Waals surface area contributed by atoms with E-state index in [0.717, 1.165) is 22.4 Å². The quantitative estimate of drug-likeness (QED) is 0.390. The van der Waals surface area contributed by atoms with Crippen LogP contribution in [0.1, 0.15) is 22.8 Å². The van der Waals surface area contributed by atoms with Crippen molar-refractivity contribution in [3.05, 3.63) is 101 Å². The van der Waals surface area contributed by atoms with Crippen LogP contribution in [0.5, 0.6) is 5.75 Å². The van der Waals surface area contributed by atoms with Gasteiger partial charge in [0.1, 0.15) is 5.75 Å². The van der Waals surface area contributed by atoms with Crippen LogP contribution in [0.25, 0.3) is 0 Å². The highest BCUT2D eigenvalue weighted by atomic mass is 35.5. The molecular formula is C27H31ClN2O4S. The number of hydrogen-bond acceptors (Lipinski definition) is 5. The molecule has 0 aromatic heterocycles. The van der Waals surface area contributed by atoms with Gasteiger partial charge in [0.05, 0.1) is 25.6 Å². The molecule has 1 atom stereocenters. The molecule has 0 radical (unpaired) electrons. The van der Waals surface area contributed by atoms with Gasteiger partial charge < -0.3 is 9.47 Å². The van der Waals surface area contributed by atoms with Crippen molar-refractivity contribution in [2.45, 2.75) is 18.5 Å². The number of benzene rings is 3. The Hall–Kier alpha value is -2.42. The second-order valence-electron chi connectivity index (χ2n) is 8.65. The average molecular weight is 515 g/mol. The summed E-state index contributed by atoms with van der Waals surface area (Å²) in [6.45, 7) is 3.31. The molecule has 3 aromatic carbocycles. The van der Waals surface area contributed by atoms with Crippen LogP contribution in [0.15, 0.2) is 78.9 Å². The molecule has 6 nitrogen and oxygen atoms in total. The van der Waals surface area contributed by atoms with E-state index in [1.54, 1.807) is 11.4 Å². The summed E-state index contributed by atoms with van der Waals surface area (Å²) >= 11 is 6.14. The number of methoxy groups -OCH3 is 1. The van der Waals surface area contributed by atoms with Crippen LogP contribution in [0, 0.1) is 0 Å². The Morgan fingerprint density at radius 1 is 0.886 bits per heavy atom. The highest BCUT2D eigenvalue weighted by Crippen LogP contribution is 2.26. The summed E-state index contributed by atoms with van der Waals surface area (Å²) in [6.07, 6.45) is -0.198. The first-order chi connectivity index (χ1) is 16.9. The minimum absolute atomic E-state index is 0.0308. The fraction of sp³-hybridized carbons (Fsp3) is 0.333. The second-order valence-corrected chi connectivity index (χ2v) is 11.1. The Bertz CT molecular complexity index is 1200. The van der Waals surface area contributed by atoms with Gasteiger partial charge in [-0.15, -0.1) is 0 Å². The fourth-order valence-corrected chi connectivity index (χ4v) is 5.95. The zero-order valence-corrected chi connectivity index (χ0v) is 21.4. The third-order valence-corrected chi connectivity index (χ3v) is 8.23. The van der Waals surface area contributed by atoms with Crippen molar-refractivity contribution < 1.29 is 17.9 Å². The maximum atomic E-state index is 12.9. The van der Waals surface area contributed by atoms with Crippen LogP contribution in [0.4, 0.5) is 0 Å². The molecule has 8 heteroatoms. The van der Waals surface area contributed by atoms with Crippen molar-refractivity contribution in [1.82, 2.24) is 9.21 Å². The Morgan fingerprint density at radius 3 is 2.31 bits per heavy atom. The van der Waals surface area contributed by atoms with Crippen LogP contribution in [-0.4, -0.2) is 57.5 Å². The summed E-state index contributed by atoms with van der Waals surface area (Å²) in [6, 6.07) is 24.9. The predicted molar refractivity (Wildman–Crippen MR) is 139 cm³/mol. The Morgan fingerprint density at radius 2 is 1.60 bits per heavy atom. The second kappa shape index (κ2) is 12.0. The van der Waals surface area contributed by atoms with E-state index in [-0.39, 0.29) is 11.9 Å². The lowest BCUT2D eigenvalue weighted by Crippen LogP contribution is -2.49. The van der Waals surface area contributed by atoms with Gasteiger partial charge in [0.15, 0.2) is 0 Å². The molecule has 1 heterocycles. The Balaban J connectivity index is 1.40. The van der Waals surface area contributed by atoms with Gasteiger partial charge in [0.25, 0.3) is 0 Å². The number of rotatable bonds is 10. The number of nitrogens with zero attached hydrogens (tertiary/aromatic N) is 2. The summed E-state index contributed by atoms with van der Waals surface area (Å²) < 4.78 is 39.2. The van der Waals surface area contributed by atoms with E-state index in [4.69, 9.17) is 21.1 Å². The highest BCUT2D eigenvalue weighted by molar-refractivity contribution is 7.88. The number of ether oxygens (including phenoxy) is 2. The highest BCUT2D eigenvalue weighted by Gasteiger charge is 2.28. The molecular weight excluding hydrogens is 484 g/mol. The lowest BCUT2D eigenvalue weighted by Gasteiger charge is -2.36. The largest absolute Gasteiger partial charge is 0.497 e. The summed E-state index contributed by atoms with van der Waals surface area (Å²) in [7, 11) is -1.70. The van der Waals surface area contributed by atoms with Crippen molar-refractivity contribution in [3.8, 4) is 5.75 Å². The van der Waals surface area contributed by atoms with Crippen molar-refractivity contribution in [3.63, 3.8) is 0 Å². The monoisotopic (exact) mass is 514 g/mol. The molecule has 1 saturated heterocycles. The minimum atomic E-state index is -3.35. The van der Waals surface area contributed by atoms with Crippen LogP contribution in [-0.2, 0) is 27.1 Å². The van der Waals surface area contributed by atoms with Crippen LogP contribution < -0.4 is 4.74 Å². The van der Waals surface area contributed by atoms with Crippen molar-refractivity contribution in [2.75, 3.05) is 39.8 Å². The molecule has 0 aliphatic carbocycles. The van der Waals surface area contributed by atoms with Gasteiger partial charge in [-0.1, -0.05) is 66.2 Å². The van der Waals surface area contributed by atoms with Gasteiger partial charge in [-0.2, -0.15) is 4.31 Å². The van der Waals surface area contributed by atoms with E-state index in [0.29, 0.717) is 44.4 Å². The first-order valence-electron chi connectivity index (χ1n) is 11.7. The summed E-state index contributed by atoms with van der Waals surface area (Å²) in [5.74, 6) is 0.805. The molecule has 0 spiro atoms. The number of halogens is 1. The van der Waals surface area contributed by atoms with Crippen molar-refractivity contribution in [1.29, 1.82) is 0 Å². The molecule has 0 N–H and O–H groups in total. The van der Waals surface area contributed by atoms with Crippen LogP contribution in [0.2, 0.25) is 5.02 Å². The van der Waals surface area contributed by atoms with E-state index in [9.17, 15) is 8.42 Å². The lowest BCUT2D eigenvalue weighted by atomic mass is 10.1. The van der Waals surface area contributed by atoms with Gasteiger partial charge >= 0.3 is 0 Å². The molecule has 1 aliphatic rings. The third kappa shape index (κ3) is 7.29. The van der Waals surface area contributed by atoms with Crippen LogP contribution in [0.3, 0.4) is 0 Å². The molecule has 0 saturated carbocycles. The molecule has 4 rings (SSSR count). The number of hydrogen-bond donors (Lipinski definition) is 0. The van der Waals surface area contributed by atoms with E-state index in [1.165, 1.54) is 0 Å². The standard InChI is InChI=1S/C27H31ClN2O4S/c1-33-26-12-6-10-24(18-26)27(34-20-23-9-5-11-25(28)17-23)19-29-13-15-30(16-14-29)35(31,32)21-22-7-3-2-4-8-22/h2-12,17-18,27H,13-16,19-21H2,1H3/t27-/m1/s1. The maximum absolute atomic E-state index is 12.9. The zero-order chi connectivity index (χ0) is 24.7. The summed E-state index contributed by atoms with van der Waals surface area (Å²) in [5.41, 5.74) is 2.83. The molecule has 0 amide bonds. The fourth-order valence-electron chi connectivity index (χ4n) is 4.22. The van der Waals surface area contributed by atoms with Crippen molar-refractivity contribution >= 4 is 21.6 Å². The normalized spacial score (nSPS) is 16.2. The number of piperazine rings is 1. The molecule has 1 fully saturated rings. The molecule has 0 bridgehead atoms. The Kier molecular flexibility index (Phi) is 8.81. The van der Waals surface area contributed by atoms with Crippen LogP contribution >= 0.6 is 11.6 Å². The van der Waals surface area contributed by atoms with Crippen molar-refractivity contribution in [2.24, 2.45) is 0 Å². The van der Waals surface area contributed by atoms with Gasteiger partial charge in [0, 0.05) is 37.7 Å². The molecule has 186 valence electrons. The number of sulfonamides is 1. The van der Waals surface area contributed by atoms with Gasteiger partial charge in [-0.05, 0) is 41.0 Å². The van der Waals surface area contributed by atoms with E-state index in [2.05, 4.69) is 4.90 Å². The van der Waals surface area contributed by atoms with Gasteiger partial charge in [-0.3, -0.25) is 4.90 Å². The Labute approximate surface area is 213 Å². The molecule has 35 heavy (non-hydrogen) atoms. The minimum Gasteiger partial charge on any atom is -0.497 e. The maximum Gasteiger partial charge on any atom is 0.218 e. The molecule has 0 unspecified atom stereocenters. The zero-order valence-electron chi connectivity index (χ0n) is 19.8. The van der Waals surface area contributed by atoms with E-state index >= 15 is 0 Å². The first kappa shape index (κ1) is 25.7. The SMILES string of the molecule is COc1cccc([C@@H](CN2CCN(S(=O)(=O)Cc3ccccc3)CC2)OCc2cccc(Cl)c2)c1. The van der Waals surface area contributed by atoms with E-state index in [1.807, 2.05) is 78.9 Å². The lowest BCUT2D eigenvalue weighted by molar-refractivity contribution is 0.00762. The topological polar surface area (TPSA) is 59.1 Å². The van der Waals surface area contributed by atoms with Gasteiger partial charge in [-0.25, -0.2) is 8.42 Å². The smallest absolute Gasteiger partial charge is 0.218 e. The predicted octanol–water partition coefficient (Wildman–Crippen LogP) is 4.75. The first-order valence-corrected chi connectivity index (χ1v) is 13.7. The molecule has 3 aromatic rings. The third-order valence-electron chi connectivity index (χ3n) is 6.15. The molecule has 1 aliphatic heterocycles. The van der Waals surface area contributed by atoms with Gasteiger partial charge in [0.2, 0.25) is 10.0 Å². The summed E-state index contributed by atoms with van der Waals surface area (Å²) in [4.78, 5) is 2.26. The summed E-state index contributed by atoms with van der Waals surface area (Å²) in [5, 5.41) is 0.678.